The molecule has 0 saturated carbocycles. The summed E-state index contributed by atoms with van der Waals surface area (Å²) in [6.45, 7) is 5.52. The number of alkyl halides is 3. The fraction of sp³-hybridized carbons (Fsp3) is 0.286. The number of carbonyl (C=O) groups is 1. The number of aromatic nitrogens is 2. The van der Waals surface area contributed by atoms with Crippen LogP contribution in [0.3, 0.4) is 0 Å². The number of halogens is 5. The highest BCUT2D eigenvalue weighted by Crippen LogP contribution is 2.29. The molecule has 1 saturated heterocycles. The molecule has 5 rings (SSSR count). The molecule has 4 aromatic rings. The first kappa shape index (κ1) is 27.8. The van der Waals surface area contributed by atoms with Gasteiger partial charge in [-0.25, -0.2) is 8.91 Å². The summed E-state index contributed by atoms with van der Waals surface area (Å²) in [5, 5.41) is 7.24. The Bertz CT molecular complexity index is 1540. The predicted octanol–water partition coefficient (Wildman–Crippen LogP) is 6.09. The highest BCUT2D eigenvalue weighted by atomic mass is 79.9. The molecule has 1 aliphatic heterocycles. The van der Waals surface area contributed by atoms with Gasteiger partial charge in [0, 0.05) is 48.6 Å². The van der Waals surface area contributed by atoms with Crippen LogP contribution in [0.25, 0.3) is 5.52 Å². The summed E-state index contributed by atoms with van der Waals surface area (Å²) >= 11 is 3.42. The van der Waals surface area contributed by atoms with Crippen LogP contribution in [0.15, 0.2) is 65.3 Å². The Morgan fingerprint density at radius 3 is 2.55 bits per heavy atom. The lowest BCUT2D eigenvalue weighted by Gasteiger charge is -2.42. The van der Waals surface area contributed by atoms with Gasteiger partial charge in [-0.3, -0.25) is 4.79 Å². The molecule has 2 aromatic heterocycles. The van der Waals surface area contributed by atoms with Gasteiger partial charge in [-0.1, -0.05) is 22.0 Å². The minimum absolute atomic E-state index is 0.0179. The summed E-state index contributed by atoms with van der Waals surface area (Å²) in [7, 11) is 0. The molecule has 2 aromatic carbocycles. The molecule has 0 bridgehead atoms. The molecule has 0 aliphatic carbocycles. The molecule has 0 spiro atoms. The first-order valence-corrected chi connectivity index (χ1v) is 13.4. The highest BCUT2D eigenvalue weighted by Gasteiger charge is 2.31. The Hall–Kier alpha value is -3.80. The molecular weight excluding hydrogens is 594 g/mol. The molecule has 1 atom stereocenters. The maximum Gasteiger partial charge on any atom is 0.573 e. The number of fused-ring (bicyclic) bond motifs is 1. The van der Waals surface area contributed by atoms with E-state index in [1.165, 1.54) is 18.2 Å². The lowest BCUT2D eigenvalue weighted by Crippen LogP contribution is -2.52. The zero-order valence-corrected chi connectivity index (χ0v) is 23.3. The summed E-state index contributed by atoms with van der Waals surface area (Å²) in [5.41, 5.74) is 3.58. The first-order valence-electron chi connectivity index (χ1n) is 12.6. The number of amides is 1. The van der Waals surface area contributed by atoms with Gasteiger partial charge < -0.3 is 19.9 Å². The lowest BCUT2D eigenvalue weighted by atomic mass is 10.1. The monoisotopic (exact) mass is 619 g/mol. The number of nitrogens with zero attached hydrogens (tertiary/aromatic N) is 4. The van der Waals surface area contributed by atoms with E-state index in [4.69, 9.17) is 0 Å². The van der Waals surface area contributed by atoms with E-state index in [0.29, 0.717) is 47.7 Å². The molecule has 1 amide bonds. The Labute approximate surface area is 236 Å². The fourth-order valence-corrected chi connectivity index (χ4v) is 5.34. The number of hydrogen-bond acceptors (Lipinski definition) is 5. The van der Waals surface area contributed by atoms with Crippen molar-refractivity contribution >= 4 is 38.7 Å². The van der Waals surface area contributed by atoms with Crippen molar-refractivity contribution in [3.63, 3.8) is 0 Å². The van der Waals surface area contributed by atoms with E-state index in [-0.39, 0.29) is 24.2 Å². The molecule has 1 N–H and O–H groups in total. The number of anilines is 2. The van der Waals surface area contributed by atoms with Crippen molar-refractivity contribution in [1.29, 1.82) is 0 Å². The van der Waals surface area contributed by atoms with Crippen LogP contribution in [0.5, 0.6) is 5.75 Å². The van der Waals surface area contributed by atoms with Crippen molar-refractivity contribution < 1.29 is 27.1 Å². The SMILES string of the molecule is Cc1nn2ccc(Br)cc2c1C(=O)NCc1ccc(N2CCN(c3ccc(OC(F)(F)F)cc3)[C@@H](C)C2)c(F)c1. The van der Waals surface area contributed by atoms with E-state index in [9.17, 15) is 18.0 Å². The topological polar surface area (TPSA) is 62.1 Å². The summed E-state index contributed by atoms with van der Waals surface area (Å²) in [4.78, 5) is 17.0. The molecule has 12 heteroatoms. The number of nitrogens with one attached hydrogen (secondary N) is 1. The number of carbonyl (C=O) groups excluding carboxylic acids is 1. The van der Waals surface area contributed by atoms with Gasteiger partial charge in [0.05, 0.1) is 22.5 Å². The average Bonchev–Trinajstić information content (AvgIpc) is 3.22. The number of hydrogen-bond donors (Lipinski definition) is 1. The van der Waals surface area contributed by atoms with E-state index in [1.807, 2.05) is 24.0 Å². The third kappa shape index (κ3) is 6.01. The normalized spacial score (nSPS) is 15.9. The predicted molar refractivity (Wildman–Crippen MR) is 147 cm³/mol. The van der Waals surface area contributed by atoms with Crippen LogP contribution in [0.1, 0.15) is 28.5 Å². The molecule has 3 heterocycles. The Balaban J connectivity index is 1.21. The van der Waals surface area contributed by atoms with Crippen LogP contribution in [-0.4, -0.2) is 47.6 Å². The van der Waals surface area contributed by atoms with Crippen LogP contribution in [0.4, 0.5) is 28.9 Å². The Morgan fingerprint density at radius 1 is 1.12 bits per heavy atom. The summed E-state index contributed by atoms with van der Waals surface area (Å²) in [5.74, 6) is -0.960. The molecule has 7 nitrogen and oxygen atoms in total. The van der Waals surface area contributed by atoms with E-state index in [0.717, 1.165) is 10.2 Å². The maximum atomic E-state index is 15.2. The average molecular weight is 620 g/mol. The number of ether oxygens (including phenoxy) is 1. The fourth-order valence-electron chi connectivity index (χ4n) is 5.01. The molecular formula is C28H26BrF4N5O2. The van der Waals surface area contributed by atoms with Gasteiger partial charge in [-0.2, -0.15) is 5.10 Å². The molecule has 210 valence electrons. The van der Waals surface area contributed by atoms with Gasteiger partial charge in [0.15, 0.2) is 0 Å². The van der Waals surface area contributed by atoms with Crippen LogP contribution >= 0.6 is 15.9 Å². The standard InChI is InChI=1S/C28H26BrF4N5O2/c1-17-16-36(11-12-37(17)21-4-6-22(7-5-21)40-28(31,32)33)24-8-3-19(13-23(24)30)15-34-27(39)26-18(2)35-38-10-9-20(29)14-25(26)38/h3-10,13-14,17H,11-12,15-16H2,1-2H3,(H,34,39)/t17-/m0/s1. The Kier molecular flexibility index (Phi) is 7.63. The quantitative estimate of drug-likeness (QED) is 0.265. The van der Waals surface area contributed by atoms with Crippen LogP contribution in [-0.2, 0) is 6.54 Å². The second-order valence-corrected chi connectivity index (χ2v) is 10.5. The number of rotatable bonds is 6. The summed E-state index contributed by atoms with van der Waals surface area (Å²) in [6.07, 6.45) is -2.97. The second-order valence-electron chi connectivity index (χ2n) is 9.63. The maximum absolute atomic E-state index is 15.2. The zero-order valence-electron chi connectivity index (χ0n) is 21.7. The second kappa shape index (κ2) is 11.0. The van der Waals surface area contributed by atoms with Gasteiger partial charge in [0.1, 0.15) is 11.6 Å². The van der Waals surface area contributed by atoms with E-state index in [2.05, 4.69) is 36.0 Å². The summed E-state index contributed by atoms with van der Waals surface area (Å²) < 4.78 is 58.9. The number of aryl methyl sites for hydroxylation is 1. The van der Waals surface area contributed by atoms with Crippen LogP contribution < -0.4 is 19.9 Å². The van der Waals surface area contributed by atoms with Crippen molar-refractivity contribution in [2.24, 2.45) is 0 Å². The number of pyridine rings is 1. The highest BCUT2D eigenvalue weighted by molar-refractivity contribution is 9.10. The molecule has 0 unspecified atom stereocenters. The first-order chi connectivity index (χ1) is 19.0. The van der Waals surface area contributed by atoms with Gasteiger partial charge in [-0.15, -0.1) is 13.2 Å². The van der Waals surface area contributed by atoms with Crippen molar-refractivity contribution in [3.8, 4) is 5.75 Å². The zero-order chi connectivity index (χ0) is 28.6. The number of piperazine rings is 1. The van der Waals surface area contributed by atoms with Crippen molar-refractivity contribution in [2.75, 3.05) is 29.4 Å². The van der Waals surface area contributed by atoms with E-state index in [1.54, 1.807) is 41.9 Å². The minimum Gasteiger partial charge on any atom is -0.406 e. The van der Waals surface area contributed by atoms with Crippen molar-refractivity contribution in [3.05, 3.63) is 87.9 Å². The van der Waals surface area contributed by atoms with Crippen molar-refractivity contribution in [2.45, 2.75) is 32.8 Å². The summed E-state index contributed by atoms with van der Waals surface area (Å²) in [6, 6.07) is 14.3. The number of benzene rings is 2. The minimum atomic E-state index is -4.74. The Morgan fingerprint density at radius 2 is 1.88 bits per heavy atom. The lowest BCUT2D eigenvalue weighted by molar-refractivity contribution is -0.274. The van der Waals surface area contributed by atoms with Gasteiger partial charge in [0.2, 0.25) is 0 Å². The largest absolute Gasteiger partial charge is 0.573 e. The van der Waals surface area contributed by atoms with E-state index >= 15 is 4.39 Å². The van der Waals surface area contributed by atoms with Crippen molar-refractivity contribution in [1.82, 2.24) is 14.9 Å². The molecule has 0 radical (unpaired) electrons. The molecule has 1 aliphatic rings. The van der Waals surface area contributed by atoms with Gasteiger partial charge in [-0.05, 0) is 67.9 Å². The van der Waals surface area contributed by atoms with Crippen LogP contribution in [0.2, 0.25) is 0 Å². The van der Waals surface area contributed by atoms with Gasteiger partial charge >= 0.3 is 6.36 Å². The van der Waals surface area contributed by atoms with Gasteiger partial charge in [0.25, 0.3) is 5.91 Å². The van der Waals surface area contributed by atoms with E-state index < -0.39 is 12.2 Å². The molecule has 40 heavy (non-hydrogen) atoms. The third-order valence-electron chi connectivity index (χ3n) is 6.83. The van der Waals surface area contributed by atoms with Crippen LogP contribution in [0, 0.1) is 12.7 Å². The third-order valence-corrected chi connectivity index (χ3v) is 7.33. The smallest absolute Gasteiger partial charge is 0.406 e. The molecule has 1 fully saturated rings.